The molecule has 5 unspecified atom stereocenters. The number of unbranched alkanes of at least 4 members (excludes halogenated alkanes) is 3. The van der Waals surface area contributed by atoms with Gasteiger partial charge in [-0.05, 0) is 19.3 Å². The van der Waals surface area contributed by atoms with Crippen molar-refractivity contribution in [3.8, 4) is 0 Å². The molecule has 0 amide bonds. The van der Waals surface area contributed by atoms with Gasteiger partial charge in [-0.25, -0.2) is 12.7 Å². The van der Waals surface area contributed by atoms with Crippen molar-refractivity contribution in [2.45, 2.75) is 62.0 Å². The molecule has 15 heteroatoms. The number of rotatable bonds is 11. The van der Waals surface area contributed by atoms with Gasteiger partial charge in [0.05, 0.1) is 6.61 Å². The summed E-state index contributed by atoms with van der Waals surface area (Å²) in [6.45, 7) is -0.629. The number of hydrogen-bond acceptors (Lipinski definition) is 12. The molecule has 1 aliphatic rings. The minimum Gasteiger partial charge on any atom is -0.394 e. The SMILES string of the molecule is CS(=O)(=O)CCCCCCC(=NOS(=O)(=O)O)SC1OC(CO)C(O)C(O)C1O. The van der Waals surface area contributed by atoms with Crippen molar-refractivity contribution in [2.75, 3.05) is 18.6 Å². The second-order valence-electron chi connectivity index (χ2n) is 6.60. The Labute approximate surface area is 173 Å². The summed E-state index contributed by atoms with van der Waals surface area (Å²) >= 11 is 0.707. The highest BCUT2D eigenvalue weighted by Gasteiger charge is 2.44. The van der Waals surface area contributed by atoms with Crippen LogP contribution in [-0.2, 0) is 29.3 Å². The van der Waals surface area contributed by atoms with E-state index in [-0.39, 0.29) is 17.2 Å². The third-order valence-electron chi connectivity index (χ3n) is 3.99. The summed E-state index contributed by atoms with van der Waals surface area (Å²) in [6.07, 6.45) is -2.47. The van der Waals surface area contributed by atoms with Crippen LogP contribution in [0.4, 0.5) is 0 Å². The smallest absolute Gasteiger partial charge is 0.394 e. The van der Waals surface area contributed by atoms with E-state index in [0.29, 0.717) is 37.4 Å². The average Bonchev–Trinajstić information content (AvgIpc) is 2.60. The summed E-state index contributed by atoms with van der Waals surface area (Å²) < 4.78 is 61.7. The lowest BCUT2D eigenvalue weighted by Crippen LogP contribution is -2.57. The molecule has 0 aromatic carbocycles. The van der Waals surface area contributed by atoms with E-state index in [2.05, 4.69) is 9.44 Å². The van der Waals surface area contributed by atoms with Gasteiger partial charge >= 0.3 is 10.4 Å². The van der Waals surface area contributed by atoms with Crippen LogP contribution < -0.4 is 0 Å². The van der Waals surface area contributed by atoms with Gasteiger partial charge in [-0.3, -0.25) is 4.55 Å². The second kappa shape index (κ2) is 11.8. The fourth-order valence-electron chi connectivity index (χ4n) is 2.51. The quantitative estimate of drug-likeness (QED) is 0.0764. The Morgan fingerprint density at radius 2 is 1.66 bits per heavy atom. The van der Waals surface area contributed by atoms with E-state index < -0.39 is 56.7 Å². The maximum absolute atomic E-state index is 11.1. The number of aliphatic hydroxyl groups excluding tert-OH is 4. The predicted octanol–water partition coefficient (Wildman–Crippen LogP) is -1.35. The Bertz CT molecular complexity index is 738. The minimum atomic E-state index is -4.86. The highest BCUT2D eigenvalue weighted by Crippen LogP contribution is 2.30. The maximum Gasteiger partial charge on any atom is 0.466 e. The van der Waals surface area contributed by atoms with E-state index in [1.807, 2.05) is 0 Å². The maximum atomic E-state index is 11.1. The van der Waals surface area contributed by atoms with Crippen molar-refractivity contribution in [1.82, 2.24) is 0 Å². The van der Waals surface area contributed by atoms with E-state index in [4.69, 9.17) is 9.29 Å². The van der Waals surface area contributed by atoms with Gasteiger partial charge in [-0.2, -0.15) is 8.42 Å². The largest absolute Gasteiger partial charge is 0.466 e. The number of oxime groups is 1. The van der Waals surface area contributed by atoms with Crippen LogP contribution in [0.25, 0.3) is 0 Å². The molecule has 172 valence electrons. The molecule has 0 aromatic heterocycles. The first kappa shape index (κ1) is 26.5. The molecule has 5 N–H and O–H groups in total. The van der Waals surface area contributed by atoms with Gasteiger partial charge in [0.25, 0.3) is 0 Å². The highest BCUT2D eigenvalue weighted by molar-refractivity contribution is 8.14. The van der Waals surface area contributed by atoms with Gasteiger partial charge in [0.2, 0.25) is 0 Å². The summed E-state index contributed by atoms with van der Waals surface area (Å²) in [6, 6.07) is 0. The van der Waals surface area contributed by atoms with E-state index in [0.717, 1.165) is 6.26 Å². The van der Waals surface area contributed by atoms with Crippen LogP contribution in [0.5, 0.6) is 0 Å². The summed E-state index contributed by atoms with van der Waals surface area (Å²) in [5.74, 6) is 0.0550. The van der Waals surface area contributed by atoms with Crippen LogP contribution in [0.3, 0.4) is 0 Å². The normalized spacial score (nSPS) is 29.0. The summed E-state index contributed by atoms with van der Waals surface area (Å²) in [5, 5.41) is 42.2. The summed E-state index contributed by atoms with van der Waals surface area (Å²) in [5.41, 5.74) is -1.19. The Morgan fingerprint density at radius 1 is 1.03 bits per heavy atom. The molecule has 1 rings (SSSR count). The fraction of sp³-hybridized carbons (Fsp3) is 0.929. The summed E-state index contributed by atoms with van der Waals surface area (Å²) in [7, 11) is -7.91. The molecule has 0 aliphatic carbocycles. The van der Waals surface area contributed by atoms with E-state index in [9.17, 15) is 37.3 Å². The molecule has 0 radical (unpaired) electrons. The molecule has 0 bridgehead atoms. The average molecular weight is 482 g/mol. The van der Waals surface area contributed by atoms with Crippen LogP contribution >= 0.6 is 11.8 Å². The van der Waals surface area contributed by atoms with Crippen molar-refractivity contribution in [3.05, 3.63) is 0 Å². The third-order valence-corrected chi connectivity index (χ3v) is 6.46. The topological polar surface area (TPSA) is 200 Å². The van der Waals surface area contributed by atoms with Gasteiger partial charge in [-0.15, -0.1) is 0 Å². The van der Waals surface area contributed by atoms with Crippen LogP contribution in [0.15, 0.2) is 5.16 Å². The van der Waals surface area contributed by atoms with Crippen molar-refractivity contribution >= 4 is 37.0 Å². The van der Waals surface area contributed by atoms with Crippen LogP contribution in [-0.4, -0.2) is 95.3 Å². The molecule has 0 aromatic rings. The zero-order valence-corrected chi connectivity index (χ0v) is 18.1. The monoisotopic (exact) mass is 481 g/mol. The Kier molecular flexibility index (Phi) is 10.8. The Hall–Kier alpha value is -0.520. The summed E-state index contributed by atoms with van der Waals surface area (Å²) in [4.78, 5) is 0. The van der Waals surface area contributed by atoms with Crippen molar-refractivity contribution < 1.29 is 50.8 Å². The zero-order chi connectivity index (χ0) is 22.2. The first-order chi connectivity index (χ1) is 13.3. The number of sulfone groups is 1. The molecule has 1 heterocycles. The van der Waals surface area contributed by atoms with Gasteiger partial charge in [-0.1, -0.05) is 29.8 Å². The van der Waals surface area contributed by atoms with E-state index in [1.54, 1.807) is 0 Å². The molecule has 12 nitrogen and oxygen atoms in total. The molecule has 1 saturated heterocycles. The van der Waals surface area contributed by atoms with Crippen molar-refractivity contribution in [1.29, 1.82) is 0 Å². The lowest BCUT2D eigenvalue weighted by molar-refractivity contribution is -0.205. The molecule has 0 saturated carbocycles. The standard InChI is InChI=1S/C14H27NO11S3/c1-28(20,21)7-5-3-2-4-6-10(15-26-29(22,23)24)27-14-13(19)12(18)11(17)9(8-16)25-14/h9,11-14,16-19H,2-8H2,1H3,(H,22,23,24). The van der Waals surface area contributed by atoms with E-state index >= 15 is 0 Å². The number of hydrogen-bond donors (Lipinski definition) is 5. The number of nitrogens with zero attached hydrogens (tertiary/aromatic N) is 1. The third kappa shape index (κ3) is 10.4. The second-order valence-corrected chi connectivity index (χ2v) is 11.0. The van der Waals surface area contributed by atoms with Crippen LogP contribution in [0.2, 0.25) is 0 Å². The fourth-order valence-corrected chi connectivity index (χ4v) is 4.58. The van der Waals surface area contributed by atoms with E-state index in [1.165, 1.54) is 0 Å². The number of thioether (sulfide) groups is 1. The molecular weight excluding hydrogens is 454 g/mol. The first-order valence-electron chi connectivity index (χ1n) is 8.72. The minimum absolute atomic E-state index is 0.00932. The highest BCUT2D eigenvalue weighted by atomic mass is 32.3. The Morgan fingerprint density at radius 3 is 2.21 bits per heavy atom. The molecule has 1 fully saturated rings. The number of aliphatic hydroxyl groups is 4. The van der Waals surface area contributed by atoms with Crippen LogP contribution in [0, 0.1) is 0 Å². The molecule has 5 atom stereocenters. The van der Waals surface area contributed by atoms with Gasteiger partial charge in [0.1, 0.15) is 44.7 Å². The molecular formula is C14H27NO11S3. The lowest BCUT2D eigenvalue weighted by atomic mass is 10.0. The van der Waals surface area contributed by atoms with Crippen LogP contribution in [0.1, 0.15) is 32.1 Å². The predicted molar refractivity (Wildman–Crippen MR) is 104 cm³/mol. The van der Waals surface area contributed by atoms with Crippen molar-refractivity contribution in [2.24, 2.45) is 5.16 Å². The lowest BCUT2D eigenvalue weighted by Gasteiger charge is -2.39. The van der Waals surface area contributed by atoms with Gasteiger partial charge < -0.3 is 25.2 Å². The zero-order valence-electron chi connectivity index (χ0n) is 15.7. The molecule has 29 heavy (non-hydrogen) atoms. The molecule has 1 aliphatic heterocycles. The first-order valence-corrected chi connectivity index (χ1v) is 13.0. The van der Waals surface area contributed by atoms with Crippen molar-refractivity contribution in [3.63, 3.8) is 0 Å². The number of ether oxygens (including phenoxy) is 1. The van der Waals surface area contributed by atoms with Gasteiger partial charge in [0, 0.05) is 12.0 Å². The molecule has 0 spiro atoms. The Balaban J connectivity index is 2.70. The van der Waals surface area contributed by atoms with Gasteiger partial charge in [0.15, 0.2) is 0 Å².